The molecule has 24 heavy (non-hydrogen) atoms. The van der Waals surface area contributed by atoms with Gasteiger partial charge in [0.05, 0.1) is 22.9 Å². The molecule has 0 N–H and O–H groups in total. The van der Waals surface area contributed by atoms with Gasteiger partial charge in [0.2, 0.25) is 0 Å². The van der Waals surface area contributed by atoms with Gasteiger partial charge in [0.1, 0.15) is 0 Å². The number of halogens is 1. The minimum absolute atomic E-state index is 0.354. The minimum atomic E-state index is -0.438. The Kier molecular flexibility index (Phi) is 4.64. The highest BCUT2D eigenvalue weighted by Gasteiger charge is 2.10. The summed E-state index contributed by atoms with van der Waals surface area (Å²) in [6.07, 6.45) is 0. The molecule has 3 rings (SSSR count). The van der Waals surface area contributed by atoms with Crippen molar-refractivity contribution in [2.75, 3.05) is 7.11 Å². The molecule has 0 bridgehead atoms. The summed E-state index contributed by atoms with van der Waals surface area (Å²) in [6.45, 7) is 0. The van der Waals surface area contributed by atoms with E-state index < -0.39 is 5.97 Å². The number of thiazole rings is 1. The van der Waals surface area contributed by atoms with Gasteiger partial charge in [-0.15, -0.1) is 0 Å². The Balaban J connectivity index is 1.97. The van der Waals surface area contributed by atoms with Crippen LogP contribution in [0.3, 0.4) is 0 Å². The third-order valence-electron chi connectivity index (χ3n) is 3.52. The molecule has 3 aromatic rings. The summed E-state index contributed by atoms with van der Waals surface area (Å²) in [5.41, 5.74) is 1.82. The highest BCUT2D eigenvalue weighted by Crippen LogP contribution is 2.21. The van der Waals surface area contributed by atoms with E-state index in [-0.39, 0.29) is 5.91 Å². The van der Waals surface area contributed by atoms with Crippen molar-refractivity contribution in [3.8, 4) is 0 Å². The van der Waals surface area contributed by atoms with Gasteiger partial charge in [-0.3, -0.25) is 4.79 Å². The number of rotatable bonds is 2. The molecule has 2 aromatic carbocycles. The van der Waals surface area contributed by atoms with Crippen molar-refractivity contribution in [1.29, 1.82) is 0 Å². The largest absolute Gasteiger partial charge is 0.465 e. The number of esters is 1. The Morgan fingerprint density at radius 1 is 1.12 bits per heavy atom. The number of fused-ring (bicyclic) bond motifs is 1. The van der Waals surface area contributed by atoms with Crippen LogP contribution >= 0.6 is 27.3 Å². The third kappa shape index (κ3) is 3.18. The molecule has 0 radical (unpaired) electrons. The Hall–Kier alpha value is -2.25. The SMILES string of the molecule is COC(=O)c1ccc(C(=O)/N=c2\sc3cc(Br)ccc3n2C)cc1. The van der Waals surface area contributed by atoms with Crippen molar-refractivity contribution in [2.24, 2.45) is 12.0 Å². The van der Waals surface area contributed by atoms with E-state index in [1.165, 1.54) is 18.4 Å². The van der Waals surface area contributed by atoms with Gasteiger partial charge in [0.15, 0.2) is 4.80 Å². The lowest BCUT2D eigenvalue weighted by atomic mass is 10.1. The summed E-state index contributed by atoms with van der Waals surface area (Å²) in [4.78, 5) is 28.6. The van der Waals surface area contributed by atoms with Crippen LogP contribution in [0.15, 0.2) is 51.9 Å². The number of aromatic nitrogens is 1. The molecule has 0 aliphatic rings. The predicted molar refractivity (Wildman–Crippen MR) is 96.2 cm³/mol. The first kappa shape index (κ1) is 16.6. The van der Waals surface area contributed by atoms with E-state index in [2.05, 4.69) is 25.7 Å². The van der Waals surface area contributed by atoms with E-state index >= 15 is 0 Å². The number of hydrogen-bond donors (Lipinski definition) is 0. The van der Waals surface area contributed by atoms with E-state index in [1.807, 2.05) is 29.8 Å². The van der Waals surface area contributed by atoms with E-state index in [0.29, 0.717) is 15.9 Å². The molecule has 0 unspecified atom stereocenters. The minimum Gasteiger partial charge on any atom is -0.465 e. The molecular weight excluding hydrogens is 392 g/mol. The summed E-state index contributed by atoms with van der Waals surface area (Å²) in [5.74, 6) is -0.792. The number of methoxy groups -OCH3 is 1. The average molecular weight is 405 g/mol. The van der Waals surface area contributed by atoms with Crippen LogP contribution in [0.5, 0.6) is 0 Å². The van der Waals surface area contributed by atoms with Gasteiger partial charge in [-0.25, -0.2) is 4.79 Å². The van der Waals surface area contributed by atoms with Crippen molar-refractivity contribution in [2.45, 2.75) is 0 Å². The normalized spacial score (nSPS) is 11.7. The van der Waals surface area contributed by atoms with Crippen LogP contribution in [0.4, 0.5) is 0 Å². The Morgan fingerprint density at radius 3 is 2.46 bits per heavy atom. The maximum absolute atomic E-state index is 12.4. The van der Waals surface area contributed by atoms with E-state index in [1.54, 1.807) is 24.3 Å². The molecular formula is C17H13BrN2O3S. The summed E-state index contributed by atoms with van der Waals surface area (Å²) in [7, 11) is 3.19. The maximum Gasteiger partial charge on any atom is 0.337 e. The Bertz CT molecular complexity index is 1000. The summed E-state index contributed by atoms with van der Waals surface area (Å²) < 4.78 is 8.54. The molecule has 0 saturated carbocycles. The molecule has 0 aliphatic carbocycles. The topological polar surface area (TPSA) is 60.7 Å². The van der Waals surface area contributed by atoms with Crippen LogP contribution in [-0.2, 0) is 11.8 Å². The van der Waals surface area contributed by atoms with Gasteiger partial charge in [0, 0.05) is 17.1 Å². The lowest BCUT2D eigenvalue weighted by Gasteiger charge is -2.00. The first-order valence-electron chi connectivity index (χ1n) is 7.02. The molecule has 1 heterocycles. The zero-order valence-electron chi connectivity index (χ0n) is 12.9. The number of hydrogen-bond acceptors (Lipinski definition) is 4. The van der Waals surface area contributed by atoms with Gasteiger partial charge >= 0.3 is 5.97 Å². The fraction of sp³-hybridized carbons (Fsp3) is 0.118. The van der Waals surface area contributed by atoms with Gasteiger partial charge in [-0.2, -0.15) is 4.99 Å². The third-order valence-corrected chi connectivity index (χ3v) is 5.11. The Labute approximate surface area is 150 Å². The van der Waals surface area contributed by atoms with Crippen LogP contribution in [0.2, 0.25) is 0 Å². The second-order valence-corrected chi connectivity index (χ2v) is 6.97. The van der Waals surface area contributed by atoms with Crippen LogP contribution < -0.4 is 4.80 Å². The number of benzene rings is 2. The van der Waals surface area contributed by atoms with Crippen LogP contribution in [0, 0.1) is 0 Å². The molecule has 5 nitrogen and oxygen atoms in total. The van der Waals surface area contributed by atoms with E-state index in [0.717, 1.165) is 14.7 Å². The number of carbonyl (C=O) groups excluding carboxylic acids is 2. The molecule has 1 amide bonds. The quantitative estimate of drug-likeness (QED) is 0.613. The lowest BCUT2D eigenvalue weighted by Crippen LogP contribution is -2.13. The number of ether oxygens (including phenoxy) is 1. The molecule has 0 spiro atoms. The molecule has 0 fully saturated rings. The highest BCUT2D eigenvalue weighted by molar-refractivity contribution is 9.10. The van der Waals surface area contributed by atoms with E-state index in [4.69, 9.17) is 0 Å². The van der Waals surface area contributed by atoms with Crippen molar-refractivity contribution < 1.29 is 14.3 Å². The predicted octanol–water partition coefficient (Wildman–Crippen LogP) is 3.53. The summed E-state index contributed by atoms with van der Waals surface area (Å²) in [5, 5.41) is 0. The van der Waals surface area contributed by atoms with Crippen molar-refractivity contribution in [3.63, 3.8) is 0 Å². The van der Waals surface area contributed by atoms with Gasteiger partial charge in [-0.1, -0.05) is 27.3 Å². The second kappa shape index (κ2) is 6.70. The Morgan fingerprint density at radius 2 is 1.79 bits per heavy atom. The number of aryl methyl sites for hydroxylation is 1. The molecule has 122 valence electrons. The second-order valence-electron chi connectivity index (χ2n) is 5.04. The van der Waals surface area contributed by atoms with Crippen LogP contribution in [0.1, 0.15) is 20.7 Å². The first-order valence-corrected chi connectivity index (χ1v) is 8.63. The van der Waals surface area contributed by atoms with Crippen molar-refractivity contribution in [3.05, 3.63) is 62.9 Å². The first-order chi connectivity index (χ1) is 11.5. The van der Waals surface area contributed by atoms with Crippen LogP contribution in [-0.4, -0.2) is 23.6 Å². The average Bonchev–Trinajstić information content (AvgIpc) is 2.89. The lowest BCUT2D eigenvalue weighted by molar-refractivity contribution is 0.0600. The standard InChI is InChI=1S/C17H13BrN2O3S/c1-20-13-8-7-12(18)9-14(13)24-17(20)19-15(21)10-3-5-11(6-4-10)16(22)23-2/h3-9H,1-2H3/b19-17-. The van der Waals surface area contributed by atoms with Crippen molar-refractivity contribution in [1.82, 2.24) is 4.57 Å². The smallest absolute Gasteiger partial charge is 0.337 e. The molecule has 1 aromatic heterocycles. The number of amides is 1. The molecule has 7 heteroatoms. The zero-order valence-corrected chi connectivity index (χ0v) is 15.3. The molecule has 0 aliphatic heterocycles. The number of nitrogens with zero attached hydrogens (tertiary/aromatic N) is 2. The molecule has 0 saturated heterocycles. The van der Waals surface area contributed by atoms with Crippen molar-refractivity contribution >= 4 is 49.4 Å². The fourth-order valence-corrected chi connectivity index (χ4v) is 3.80. The monoisotopic (exact) mass is 404 g/mol. The van der Waals surface area contributed by atoms with Crippen LogP contribution in [0.25, 0.3) is 10.2 Å². The maximum atomic E-state index is 12.4. The number of carbonyl (C=O) groups is 2. The highest BCUT2D eigenvalue weighted by atomic mass is 79.9. The zero-order chi connectivity index (χ0) is 17.3. The molecule has 0 atom stereocenters. The summed E-state index contributed by atoms with van der Waals surface area (Å²) >= 11 is 4.88. The van der Waals surface area contributed by atoms with Gasteiger partial charge in [-0.05, 0) is 42.5 Å². The van der Waals surface area contributed by atoms with E-state index in [9.17, 15) is 9.59 Å². The summed E-state index contributed by atoms with van der Waals surface area (Å²) in [6, 6.07) is 12.2. The van der Waals surface area contributed by atoms with Gasteiger partial charge in [0.25, 0.3) is 5.91 Å². The fourth-order valence-electron chi connectivity index (χ4n) is 2.23. The van der Waals surface area contributed by atoms with Gasteiger partial charge < -0.3 is 9.30 Å².